The number of methoxy groups -OCH3 is 1. The molecule has 18 heavy (non-hydrogen) atoms. The van der Waals surface area contributed by atoms with Gasteiger partial charge < -0.3 is 15.0 Å². The average molecular weight is 248 g/mol. The predicted octanol–water partition coefficient (Wildman–Crippen LogP) is 2.20. The molecule has 1 aromatic rings. The summed E-state index contributed by atoms with van der Waals surface area (Å²) in [6, 6.07) is 2.71. The van der Waals surface area contributed by atoms with E-state index in [0.717, 1.165) is 25.4 Å². The Kier molecular flexibility index (Phi) is 3.93. The molecule has 0 bridgehead atoms. The Morgan fingerprint density at radius 3 is 2.61 bits per heavy atom. The highest BCUT2D eigenvalue weighted by molar-refractivity contribution is 5.50. The van der Waals surface area contributed by atoms with Crippen molar-refractivity contribution in [3.63, 3.8) is 0 Å². The Morgan fingerprint density at radius 2 is 2.00 bits per heavy atom. The smallest absolute Gasteiger partial charge is 0.124 e. The van der Waals surface area contributed by atoms with E-state index in [-0.39, 0.29) is 0 Å². The molecule has 1 heterocycles. The van der Waals surface area contributed by atoms with Crippen LogP contribution < -0.4 is 10.1 Å². The van der Waals surface area contributed by atoms with Crippen molar-refractivity contribution in [3.05, 3.63) is 28.3 Å². The standard InChI is InChI=1S/C15H24N2O/c1-10-8-13(11(2)12(3)15(10)18-5)14-9-17(4)7-6-16-14/h8,14,16H,6-7,9H2,1-5H3. The molecule has 1 aliphatic rings. The monoisotopic (exact) mass is 248 g/mol. The summed E-state index contributed by atoms with van der Waals surface area (Å²) in [5.41, 5.74) is 5.26. The van der Waals surface area contributed by atoms with Crippen molar-refractivity contribution in [1.29, 1.82) is 0 Å². The first-order chi connectivity index (χ1) is 8.54. The van der Waals surface area contributed by atoms with Crippen LogP contribution in [0.3, 0.4) is 0 Å². The SMILES string of the molecule is COc1c(C)cc(C2CN(C)CCN2)c(C)c1C. The Balaban J connectivity index is 2.39. The van der Waals surface area contributed by atoms with Crippen molar-refractivity contribution in [2.45, 2.75) is 26.8 Å². The fourth-order valence-corrected chi connectivity index (χ4v) is 2.87. The van der Waals surface area contributed by atoms with E-state index in [0.29, 0.717) is 6.04 Å². The van der Waals surface area contributed by atoms with Crippen LogP contribution in [0.25, 0.3) is 0 Å². The number of nitrogens with zero attached hydrogens (tertiary/aromatic N) is 1. The lowest BCUT2D eigenvalue weighted by atomic mass is 9.93. The second kappa shape index (κ2) is 5.29. The number of nitrogens with one attached hydrogen (secondary N) is 1. The van der Waals surface area contributed by atoms with Crippen LogP contribution in [0.5, 0.6) is 5.75 Å². The minimum Gasteiger partial charge on any atom is -0.496 e. The molecule has 1 aromatic carbocycles. The van der Waals surface area contributed by atoms with Gasteiger partial charge in [0, 0.05) is 25.7 Å². The van der Waals surface area contributed by atoms with E-state index in [4.69, 9.17) is 4.74 Å². The highest BCUT2D eigenvalue weighted by Gasteiger charge is 2.22. The van der Waals surface area contributed by atoms with E-state index < -0.39 is 0 Å². The molecule has 1 fully saturated rings. The number of ether oxygens (including phenoxy) is 1. The van der Waals surface area contributed by atoms with Crippen molar-refractivity contribution in [2.75, 3.05) is 33.8 Å². The fraction of sp³-hybridized carbons (Fsp3) is 0.600. The number of piperazine rings is 1. The summed E-state index contributed by atoms with van der Waals surface area (Å²) in [6.45, 7) is 9.74. The van der Waals surface area contributed by atoms with Gasteiger partial charge in [0.25, 0.3) is 0 Å². The molecular formula is C15H24N2O. The van der Waals surface area contributed by atoms with E-state index in [1.54, 1.807) is 7.11 Å². The predicted molar refractivity (Wildman–Crippen MR) is 75.4 cm³/mol. The molecule has 3 nitrogen and oxygen atoms in total. The second-order valence-corrected chi connectivity index (χ2v) is 5.33. The molecule has 0 aromatic heterocycles. The van der Waals surface area contributed by atoms with Gasteiger partial charge in [-0.25, -0.2) is 0 Å². The van der Waals surface area contributed by atoms with Gasteiger partial charge in [0.15, 0.2) is 0 Å². The summed E-state index contributed by atoms with van der Waals surface area (Å²) in [4.78, 5) is 2.38. The van der Waals surface area contributed by atoms with Crippen LogP contribution in [-0.4, -0.2) is 38.7 Å². The van der Waals surface area contributed by atoms with Crippen LogP contribution in [0.2, 0.25) is 0 Å². The van der Waals surface area contributed by atoms with Crippen molar-refractivity contribution in [1.82, 2.24) is 10.2 Å². The van der Waals surface area contributed by atoms with E-state index in [2.05, 4.69) is 44.1 Å². The number of rotatable bonds is 2. The summed E-state index contributed by atoms with van der Waals surface area (Å²) < 4.78 is 5.49. The van der Waals surface area contributed by atoms with Crippen molar-refractivity contribution in [2.24, 2.45) is 0 Å². The van der Waals surface area contributed by atoms with Gasteiger partial charge in [0.05, 0.1) is 7.11 Å². The number of aryl methyl sites for hydroxylation is 1. The van der Waals surface area contributed by atoms with Gasteiger partial charge in [-0.15, -0.1) is 0 Å². The topological polar surface area (TPSA) is 24.5 Å². The van der Waals surface area contributed by atoms with Crippen LogP contribution >= 0.6 is 0 Å². The summed E-state index contributed by atoms with van der Waals surface area (Å²) in [5.74, 6) is 1.03. The van der Waals surface area contributed by atoms with Gasteiger partial charge in [-0.1, -0.05) is 6.07 Å². The fourth-order valence-electron chi connectivity index (χ4n) is 2.87. The molecule has 0 spiro atoms. The largest absolute Gasteiger partial charge is 0.496 e. The van der Waals surface area contributed by atoms with Crippen molar-refractivity contribution >= 4 is 0 Å². The Hall–Kier alpha value is -1.06. The van der Waals surface area contributed by atoms with E-state index in [1.165, 1.54) is 22.3 Å². The molecule has 1 N–H and O–H groups in total. The first-order valence-corrected chi connectivity index (χ1v) is 6.61. The third-order valence-corrected chi connectivity index (χ3v) is 4.02. The first-order valence-electron chi connectivity index (χ1n) is 6.61. The number of hydrogen-bond donors (Lipinski definition) is 1. The van der Waals surface area contributed by atoms with Crippen molar-refractivity contribution in [3.8, 4) is 5.75 Å². The molecular weight excluding hydrogens is 224 g/mol. The van der Waals surface area contributed by atoms with Gasteiger partial charge in [-0.3, -0.25) is 0 Å². The maximum absolute atomic E-state index is 5.49. The first kappa shape index (κ1) is 13.4. The van der Waals surface area contributed by atoms with E-state index >= 15 is 0 Å². The van der Waals surface area contributed by atoms with Gasteiger partial charge in [-0.05, 0) is 50.1 Å². The summed E-state index contributed by atoms with van der Waals surface area (Å²) in [7, 11) is 3.94. The molecule has 0 amide bonds. The lowest BCUT2D eigenvalue weighted by molar-refractivity contribution is 0.240. The summed E-state index contributed by atoms with van der Waals surface area (Å²) in [6.07, 6.45) is 0. The molecule has 1 unspecified atom stereocenters. The molecule has 3 heteroatoms. The van der Waals surface area contributed by atoms with Crippen molar-refractivity contribution < 1.29 is 4.74 Å². The van der Waals surface area contributed by atoms with Gasteiger partial charge in [0.2, 0.25) is 0 Å². The molecule has 0 aliphatic carbocycles. The molecule has 2 rings (SSSR count). The highest BCUT2D eigenvalue weighted by atomic mass is 16.5. The maximum Gasteiger partial charge on any atom is 0.124 e. The van der Waals surface area contributed by atoms with Crippen LogP contribution in [0.4, 0.5) is 0 Å². The zero-order chi connectivity index (χ0) is 13.3. The Bertz CT molecular complexity index is 443. The van der Waals surface area contributed by atoms with Crippen LogP contribution in [0.1, 0.15) is 28.3 Å². The molecule has 100 valence electrons. The van der Waals surface area contributed by atoms with Gasteiger partial charge in [0.1, 0.15) is 5.75 Å². The zero-order valence-electron chi connectivity index (χ0n) is 12.1. The quantitative estimate of drug-likeness (QED) is 0.868. The van der Waals surface area contributed by atoms with E-state index in [9.17, 15) is 0 Å². The third-order valence-electron chi connectivity index (χ3n) is 4.02. The Labute approximate surface area is 110 Å². The van der Waals surface area contributed by atoms with E-state index in [1.807, 2.05) is 0 Å². The minimum absolute atomic E-state index is 0.437. The summed E-state index contributed by atoms with van der Waals surface area (Å²) >= 11 is 0. The third kappa shape index (κ3) is 2.38. The minimum atomic E-state index is 0.437. The van der Waals surface area contributed by atoms with Gasteiger partial charge in [-0.2, -0.15) is 0 Å². The zero-order valence-corrected chi connectivity index (χ0v) is 12.1. The summed E-state index contributed by atoms with van der Waals surface area (Å²) in [5, 5.41) is 3.62. The number of likely N-dealkylation sites (N-methyl/N-ethyl adjacent to an activating group) is 1. The average Bonchev–Trinajstić information content (AvgIpc) is 2.34. The van der Waals surface area contributed by atoms with Crippen LogP contribution in [-0.2, 0) is 0 Å². The molecule has 0 radical (unpaired) electrons. The Morgan fingerprint density at radius 1 is 1.28 bits per heavy atom. The van der Waals surface area contributed by atoms with Gasteiger partial charge >= 0.3 is 0 Å². The molecule has 1 atom stereocenters. The van der Waals surface area contributed by atoms with Crippen LogP contribution in [0.15, 0.2) is 6.07 Å². The maximum atomic E-state index is 5.49. The lowest BCUT2D eigenvalue weighted by Gasteiger charge is -2.33. The van der Waals surface area contributed by atoms with Crippen LogP contribution in [0, 0.1) is 20.8 Å². The second-order valence-electron chi connectivity index (χ2n) is 5.33. The lowest BCUT2D eigenvalue weighted by Crippen LogP contribution is -2.44. The molecule has 1 aliphatic heterocycles. The molecule has 1 saturated heterocycles. The number of benzene rings is 1. The molecule has 0 saturated carbocycles. The highest BCUT2D eigenvalue weighted by Crippen LogP contribution is 2.32. The number of hydrogen-bond acceptors (Lipinski definition) is 3. The normalized spacial score (nSPS) is 21.1.